The van der Waals surface area contributed by atoms with Crippen LogP contribution in [0.1, 0.15) is 25.0 Å². The Bertz CT molecular complexity index is 1400. The lowest BCUT2D eigenvalue weighted by molar-refractivity contribution is -0.138. The van der Waals surface area contributed by atoms with Crippen molar-refractivity contribution in [1.82, 2.24) is 20.4 Å². The van der Waals surface area contributed by atoms with Gasteiger partial charge < -0.3 is 15.5 Å². The number of alkyl halides is 3. The zero-order chi connectivity index (χ0) is 27.7. The van der Waals surface area contributed by atoms with Crippen molar-refractivity contribution in [2.45, 2.75) is 32.6 Å². The smallest absolute Gasteiger partial charge is 0.358 e. The summed E-state index contributed by atoms with van der Waals surface area (Å²) in [6.07, 6.45) is -0.0670. The maximum absolute atomic E-state index is 13.5. The Morgan fingerprint density at radius 1 is 1.08 bits per heavy atom. The predicted molar refractivity (Wildman–Crippen MR) is 134 cm³/mol. The second-order valence-corrected chi connectivity index (χ2v) is 9.13. The summed E-state index contributed by atoms with van der Waals surface area (Å²) in [5, 5.41) is 9.45. The molecule has 1 aromatic heterocycles. The molecule has 0 saturated heterocycles. The minimum absolute atomic E-state index is 0.0338. The van der Waals surface area contributed by atoms with Crippen LogP contribution < -0.4 is 15.5 Å². The zero-order valence-electron chi connectivity index (χ0n) is 20.9. The number of anilines is 1. The first-order valence-electron chi connectivity index (χ1n) is 11.8. The molecule has 38 heavy (non-hydrogen) atoms. The van der Waals surface area contributed by atoms with Crippen LogP contribution in [0.5, 0.6) is 0 Å². The van der Waals surface area contributed by atoms with E-state index in [0.29, 0.717) is 5.56 Å². The average molecular weight is 526 g/mol. The molecule has 0 spiro atoms. The van der Waals surface area contributed by atoms with Crippen molar-refractivity contribution in [2.24, 2.45) is 5.41 Å². The van der Waals surface area contributed by atoms with E-state index in [4.69, 9.17) is 0 Å². The standard InChI is InChI=1S/C27H26F3N5O3/c1-17-26(2,25(38)31-3)13-22(24(37)35(17)21-11-7-8-19(12-21)27(28,29)30)23(36)32-14-18-15-33-34(16-18)20-9-5-4-6-10-20/h4-13,15-17H,14H2,1-3H3,(H,31,38)(H,32,36). The first-order valence-corrected chi connectivity index (χ1v) is 11.8. The summed E-state index contributed by atoms with van der Waals surface area (Å²) >= 11 is 0. The Morgan fingerprint density at radius 2 is 1.76 bits per heavy atom. The molecule has 0 bridgehead atoms. The molecule has 2 aromatic carbocycles. The quantitative estimate of drug-likeness (QED) is 0.481. The molecule has 0 saturated carbocycles. The van der Waals surface area contributed by atoms with Gasteiger partial charge >= 0.3 is 6.18 Å². The molecule has 8 nitrogen and oxygen atoms in total. The van der Waals surface area contributed by atoms with E-state index in [0.717, 1.165) is 22.7 Å². The third-order valence-corrected chi connectivity index (χ3v) is 6.67. The molecule has 198 valence electrons. The topological polar surface area (TPSA) is 96.3 Å². The molecule has 4 rings (SSSR count). The fraction of sp³-hybridized carbons (Fsp3) is 0.259. The number of rotatable bonds is 6. The largest absolute Gasteiger partial charge is 0.416 e. The van der Waals surface area contributed by atoms with Crippen molar-refractivity contribution in [2.75, 3.05) is 11.9 Å². The molecule has 0 aliphatic carbocycles. The summed E-state index contributed by atoms with van der Waals surface area (Å²) in [7, 11) is 1.41. The van der Waals surface area contributed by atoms with Crippen LogP contribution in [0.3, 0.4) is 0 Å². The summed E-state index contributed by atoms with van der Waals surface area (Å²) in [5.74, 6) is -2.07. The van der Waals surface area contributed by atoms with Gasteiger partial charge in [-0.15, -0.1) is 0 Å². The average Bonchev–Trinajstić information content (AvgIpc) is 3.38. The molecule has 11 heteroatoms. The predicted octanol–water partition coefficient (Wildman–Crippen LogP) is 3.62. The number of amides is 3. The first kappa shape index (κ1) is 26.6. The Labute approximate surface area is 217 Å². The molecule has 0 fully saturated rings. The lowest BCUT2D eigenvalue weighted by Gasteiger charge is -2.43. The SMILES string of the molecule is CNC(=O)C1(C)C=C(C(=O)NCc2cnn(-c3ccccc3)c2)C(=O)N(c2cccc(C(F)(F)F)c2)C1C. The third kappa shape index (κ3) is 5.04. The van der Waals surface area contributed by atoms with E-state index in [1.54, 1.807) is 24.0 Å². The number of para-hydroxylation sites is 1. The summed E-state index contributed by atoms with van der Waals surface area (Å²) < 4.78 is 41.8. The van der Waals surface area contributed by atoms with Gasteiger partial charge in [0.05, 0.1) is 28.9 Å². The second kappa shape index (κ2) is 10.2. The van der Waals surface area contributed by atoms with Crippen molar-refractivity contribution in [3.63, 3.8) is 0 Å². The van der Waals surface area contributed by atoms with E-state index in [1.165, 1.54) is 32.2 Å². The molecular weight excluding hydrogens is 499 g/mol. The van der Waals surface area contributed by atoms with E-state index in [2.05, 4.69) is 15.7 Å². The second-order valence-electron chi connectivity index (χ2n) is 9.13. The molecule has 3 aromatic rings. The summed E-state index contributed by atoms with van der Waals surface area (Å²) in [6, 6.07) is 12.7. The number of halogens is 3. The van der Waals surface area contributed by atoms with Crippen LogP contribution in [0.25, 0.3) is 5.69 Å². The molecular formula is C27H26F3N5O3. The van der Waals surface area contributed by atoms with Crippen molar-refractivity contribution in [1.29, 1.82) is 0 Å². The van der Waals surface area contributed by atoms with E-state index >= 15 is 0 Å². The van der Waals surface area contributed by atoms with Crippen molar-refractivity contribution in [3.8, 4) is 5.69 Å². The van der Waals surface area contributed by atoms with E-state index in [-0.39, 0.29) is 17.8 Å². The van der Waals surface area contributed by atoms with Gasteiger partial charge in [-0.3, -0.25) is 14.4 Å². The van der Waals surface area contributed by atoms with Crippen LogP contribution in [-0.2, 0) is 27.1 Å². The van der Waals surface area contributed by atoms with Crippen LogP contribution in [0.4, 0.5) is 18.9 Å². The molecule has 2 unspecified atom stereocenters. The highest BCUT2D eigenvalue weighted by molar-refractivity contribution is 6.25. The molecule has 1 aliphatic heterocycles. The Balaban J connectivity index is 1.63. The summed E-state index contributed by atoms with van der Waals surface area (Å²) in [4.78, 5) is 40.6. The molecule has 1 aliphatic rings. The lowest BCUT2D eigenvalue weighted by atomic mass is 9.76. The monoisotopic (exact) mass is 525 g/mol. The molecule has 2 heterocycles. The van der Waals surface area contributed by atoms with Gasteiger partial charge in [-0.1, -0.05) is 24.3 Å². The Kier molecular flexibility index (Phi) is 7.12. The van der Waals surface area contributed by atoms with Gasteiger partial charge in [0.15, 0.2) is 0 Å². The van der Waals surface area contributed by atoms with E-state index < -0.39 is 40.9 Å². The van der Waals surface area contributed by atoms with Gasteiger partial charge in [-0.2, -0.15) is 18.3 Å². The summed E-state index contributed by atoms with van der Waals surface area (Å²) in [6.45, 7) is 3.11. The molecule has 2 N–H and O–H groups in total. The van der Waals surface area contributed by atoms with Crippen molar-refractivity contribution < 1.29 is 27.6 Å². The van der Waals surface area contributed by atoms with Gasteiger partial charge in [-0.05, 0) is 50.3 Å². The molecule has 2 atom stereocenters. The maximum atomic E-state index is 13.5. The Morgan fingerprint density at radius 3 is 2.42 bits per heavy atom. The number of hydrogen-bond acceptors (Lipinski definition) is 4. The lowest BCUT2D eigenvalue weighted by Crippen LogP contribution is -2.58. The molecule has 3 amide bonds. The van der Waals surface area contributed by atoms with Crippen LogP contribution in [-0.4, -0.2) is 40.6 Å². The van der Waals surface area contributed by atoms with Gasteiger partial charge in [0.2, 0.25) is 5.91 Å². The highest BCUT2D eigenvalue weighted by atomic mass is 19.4. The van der Waals surface area contributed by atoms with Gasteiger partial charge in [0.25, 0.3) is 11.8 Å². The van der Waals surface area contributed by atoms with Gasteiger partial charge in [0.1, 0.15) is 5.57 Å². The minimum Gasteiger partial charge on any atom is -0.358 e. The zero-order valence-corrected chi connectivity index (χ0v) is 20.9. The number of nitrogens with one attached hydrogen (secondary N) is 2. The number of carbonyl (C=O) groups is 3. The van der Waals surface area contributed by atoms with Crippen molar-refractivity contribution >= 4 is 23.4 Å². The molecule has 0 radical (unpaired) electrons. The minimum atomic E-state index is -4.64. The highest BCUT2D eigenvalue weighted by Gasteiger charge is 2.48. The van der Waals surface area contributed by atoms with Crippen LogP contribution in [0.15, 0.2) is 78.6 Å². The van der Waals surface area contributed by atoms with E-state index in [1.807, 2.05) is 30.3 Å². The first-order chi connectivity index (χ1) is 18.0. The Hall–Kier alpha value is -4.41. The van der Waals surface area contributed by atoms with Gasteiger partial charge in [0, 0.05) is 31.0 Å². The normalized spacial score (nSPS) is 19.6. The maximum Gasteiger partial charge on any atom is 0.416 e. The van der Waals surface area contributed by atoms with Crippen molar-refractivity contribution in [3.05, 3.63) is 89.8 Å². The number of benzene rings is 2. The van der Waals surface area contributed by atoms with Crippen LogP contribution in [0, 0.1) is 5.41 Å². The fourth-order valence-electron chi connectivity index (χ4n) is 4.37. The number of aromatic nitrogens is 2. The summed E-state index contributed by atoms with van der Waals surface area (Å²) in [5.41, 5.74) is -1.29. The highest BCUT2D eigenvalue weighted by Crippen LogP contribution is 2.39. The van der Waals surface area contributed by atoms with Crippen LogP contribution in [0.2, 0.25) is 0 Å². The van der Waals surface area contributed by atoms with Gasteiger partial charge in [-0.25, -0.2) is 4.68 Å². The number of hydrogen-bond donors (Lipinski definition) is 2. The fourth-order valence-corrected chi connectivity index (χ4v) is 4.37. The third-order valence-electron chi connectivity index (χ3n) is 6.67. The van der Waals surface area contributed by atoms with Crippen LogP contribution >= 0.6 is 0 Å². The van der Waals surface area contributed by atoms with E-state index in [9.17, 15) is 27.6 Å². The number of nitrogens with zero attached hydrogens (tertiary/aromatic N) is 3. The number of carbonyl (C=O) groups excluding carboxylic acids is 3.